The molecule has 0 bridgehead atoms. The summed E-state index contributed by atoms with van der Waals surface area (Å²) in [4.78, 5) is 12.3. The van der Waals surface area contributed by atoms with Crippen LogP contribution < -0.4 is 10.4 Å². The minimum atomic E-state index is -1.25. The standard InChI is InChI=1S/C17H17FN2O2S/c18-15-9-5-4-8-14(15)12-20(17(23)19-10-16(21)22)11-13-6-2-1-3-7-13/h1-9H,10-12H2,(H,19,23)(H,21,22)/p-1. The van der Waals surface area contributed by atoms with Gasteiger partial charge in [0.1, 0.15) is 5.82 Å². The maximum atomic E-state index is 13.9. The maximum absolute atomic E-state index is 13.9. The van der Waals surface area contributed by atoms with Crippen molar-refractivity contribution in [2.24, 2.45) is 0 Å². The van der Waals surface area contributed by atoms with Crippen molar-refractivity contribution in [1.29, 1.82) is 0 Å². The van der Waals surface area contributed by atoms with Crippen LogP contribution in [0.1, 0.15) is 11.1 Å². The summed E-state index contributed by atoms with van der Waals surface area (Å²) in [6, 6.07) is 16.0. The molecule has 0 spiro atoms. The summed E-state index contributed by atoms with van der Waals surface area (Å²) in [5, 5.41) is 13.4. The summed E-state index contributed by atoms with van der Waals surface area (Å²) in [7, 11) is 0. The molecule has 6 heteroatoms. The van der Waals surface area contributed by atoms with Gasteiger partial charge in [-0.2, -0.15) is 0 Å². The van der Waals surface area contributed by atoms with Gasteiger partial charge < -0.3 is 20.1 Å². The first-order valence-corrected chi connectivity index (χ1v) is 7.47. The summed E-state index contributed by atoms with van der Waals surface area (Å²) in [6.07, 6.45) is 0. The van der Waals surface area contributed by atoms with Gasteiger partial charge in [-0.05, 0) is 23.8 Å². The first-order chi connectivity index (χ1) is 11.1. The highest BCUT2D eigenvalue weighted by Gasteiger charge is 2.13. The predicted octanol–water partition coefficient (Wildman–Crippen LogP) is 1.45. The molecule has 0 aliphatic rings. The molecule has 0 heterocycles. The lowest BCUT2D eigenvalue weighted by Crippen LogP contribution is -2.44. The van der Waals surface area contributed by atoms with Crippen molar-refractivity contribution in [2.45, 2.75) is 13.1 Å². The summed E-state index contributed by atoms with van der Waals surface area (Å²) in [5.74, 6) is -1.58. The van der Waals surface area contributed by atoms with Crippen LogP contribution in [0, 0.1) is 5.82 Å². The first kappa shape index (κ1) is 16.9. The Morgan fingerprint density at radius 2 is 1.74 bits per heavy atom. The molecular weight excluding hydrogens is 315 g/mol. The smallest absolute Gasteiger partial charge is 0.169 e. The Morgan fingerprint density at radius 1 is 1.09 bits per heavy atom. The van der Waals surface area contributed by atoms with Gasteiger partial charge in [0.25, 0.3) is 0 Å². The third kappa shape index (κ3) is 5.34. The Morgan fingerprint density at radius 3 is 2.39 bits per heavy atom. The molecular formula is C17H16FN2O2S-. The van der Waals surface area contributed by atoms with Crippen molar-refractivity contribution >= 4 is 23.3 Å². The lowest BCUT2D eigenvalue weighted by Gasteiger charge is -2.26. The van der Waals surface area contributed by atoms with E-state index in [1.54, 1.807) is 23.1 Å². The van der Waals surface area contributed by atoms with E-state index < -0.39 is 5.97 Å². The SMILES string of the molecule is O=C([O-])CNC(=S)N(Cc1ccccc1)Cc1ccccc1F. The molecule has 0 amide bonds. The van der Waals surface area contributed by atoms with E-state index in [1.807, 2.05) is 30.3 Å². The van der Waals surface area contributed by atoms with E-state index in [9.17, 15) is 14.3 Å². The number of aliphatic carboxylic acids is 1. The van der Waals surface area contributed by atoms with Crippen molar-refractivity contribution < 1.29 is 14.3 Å². The van der Waals surface area contributed by atoms with Crippen LogP contribution in [0.3, 0.4) is 0 Å². The molecule has 0 aliphatic carbocycles. The van der Waals surface area contributed by atoms with Gasteiger partial charge in [0, 0.05) is 18.7 Å². The maximum Gasteiger partial charge on any atom is 0.169 e. The van der Waals surface area contributed by atoms with Gasteiger partial charge >= 0.3 is 0 Å². The molecule has 0 aromatic heterocycles. The van der Waals surface area contributed by atoms with Gasteiger partial charge in [-0.15, -0.1) is 0 Å². The van der Waals surface area contributed by atoms with Crippen LogP contribution in [0.4, 0.5) is 4.39 Å². The molecule has 0 radical (unpaired) electrons. The molecule has 2 aromatic rings. The van der Waals surface area contributed by atoms with E-state index in [0.717, 1.165) is 5.56 Å². The second kappa shape index (κ2) is 8.24. The number of benzene rings is 2. The summed E-state index contributed by atoms with van der Waals surface area (Å²) >= 11 is 5.24. The van der Waals surface area contributed by atoms with E-state index >= 15 is 0 Å². The van der Waals surface area contributed by atoms with Crippen LogP contribution in [0.15, 0.2) is 54.6 Å². The first-order valence-electron chi connectivity index (χ1n) is 7.06. The van der Waals surface area contributed by atoms with Crippen molar-refractivity contribution in [2.75, 3.05) is 6.54 Å². The molecule has 0 unspecified atom stereocenters. The number of carboxylic acids is 1. The van der Waals surface area contributed by atoms with Crippen LogP contribution in [0.5, 0.6) is 0 Å². The average molecular weight is 331 g/mol. The van der Waals surface area contributed by atoms with E-state index in [1.165, 1.54) is 6.07 Å². The molecule has 1 N–H and O–H groups in total. The molecule has 0 saturated carbocycles. The topological polar surface area (TPSA) is 55.4 Å². The Bertz CT molecular complexity index is 679. The van der Waals surface area contributed by atoms with Crippen LogP contribution in [0.25, 0.3) is 0 Å². The largest absolute Gasteiger partial charge is 0.548 e. The number of thiocarbonyl (C=S) groups is 1. The molecule has 120 valence electrons. The number of carboxylic acid groups (broad SMARTS) is 1. The zero-order valence-corrected chi connectivity index (χ0v) is 13.2. The fourth-order valence-corrected chi connectivity index (χ4v) is 2.30. The number of rotatable bonds is 6. The lowest BCUT2D eigenvalue weighted by molar-refractivity contribution is -0.303. The molecule has 0 atom stereocenters. The van der Waals surface area contributed by atoms with Crippen LogP contribution in [0.2, 0.25) is 0 Å². The van der Waals surface area contributed by atoms with E-state index in [4.69, 9.17) is 12.2 Å². The van der Waals surface area contributed by atoms with Gasteiger partial charge in [-0.25, -0.2) is 4.39 Å². The molecule has 23 heavy (non-hydrogen) atoms. The van der Waals surface area contributed by atoms with Gasteiger partial charge in [0.15, 0.2) is 5.11 Å². The molecule has 0 saturated heterocycles. The molecule has 0 fully saturated rings. The second-order valence-corrected chi connectivity index (χ2v) is 5.35. The van der Waals surface area contributed by atoms with Gasteiger partial charge in [-0.3, -0.25) is 0 Å². The Labute approximate surface area is 139 Å². The number of nitrogens with zero attached hydrogens (tertiary/aromatic N) is 1. The number of hydrogen-bond donors (Lipinski definition) is 1. The number of hydrogen-bond acceptors (Lipinski definition) is 3. The highest BCUT2D eigenvalue weighted by Crippen LogP contribution is 2.13. The Hall–Kier alpha value is -2.47. The Kier molecular flexibility index (Phi) is 6.05. The van der Waals surface area contributed by atoms with Crippen LogP contribution in [-0.2, 0) is 17.9 Å². The van der Waals surface area contributed by atoms with Crippen molar-refractivity contribution in [3.8, 4) is 0 Å². The number of halogens is 1. The third-order valence-electron chi connectivity index (χ3n) is 3.21. The predicted molar refractivity (Wildman–Crippen MR) is 87.7 cm³/mol. The average Bonchev–Trinajstić information content (AvgIpc) is 2.55. The summed E-state index contributed by atoms with van der Waals surface area (Å²) < 4.78 is 13.9. The Balaban J connectivity index is 2.15. The minimum absolute atomic E-state index is 0.237. The quantitative estimate of drug-likeness (QED) is 0.812. The van der Waals surface area contributed by atoms with Crippen LogP contribution in [-0.4, -0.2) is 22.5 Å². The van der Waals surface area contributed by atoms with Crippen LogP contribution >= 0.6 is 12.2 Å². The molecule has 2 aromatic carbocycles. The zero-order valence-electron chi connectivity index (χ0n) is 12.4. The van der Waals surface area contributed by atoms with E-state index in [2.05, 4.69) is 5.32 Å². The summed E-state index contributed by atoms with van der Waals surface area (Å²) in [6.45, 7) is 0.288. The molecule has 4 nitrogen and oxygen atoms in total. The van der Waals surface area contributed by atoms with Gasteiger partial charge in [0.05, 0.1) is 12.5 Å². The third-order valence-corrected chi connectivity index (χ3v) is 3.61. The highest BCUT2D eigenvalue weighted by atomic mass is 32.1. The van der Waals surface area contributed by atoms with Crippen molar-refractivity contribution in [1.82, 2.24) is 10.2 Å². The normalized spacial score (nSPS) is 10.1. The number of carbonyl (C=O) groups is 1. The monoisotopic (exact) mass is 331 g/mol. The number of nitrogens with one attached hydrogen (secondary N) is 1. The van der Waals surface area contributed by atoms with E-state index in [0.29, 0.717) is 12.1 Å². The van der Waals surface area contributed by atoms with Gasteiger partial charge in [-0.1, -0.05) is 48.5 Å². The highest BCUT2D eigenvalue weighted by molar-refractivity contribution is 7.80. The van der Waals surface area contributed by atoms with Crippen molar-refractivity contribution in [3.05, 3.63) is 71.5 Å². The zero-order chi connectivity index (χ0) is 16.7. The van der Waals surface area contributed by atoms with Gasteiger partial charge in [0.2, 0.25) is 0 Å². The lowest BCUT2D eigenvalue weighted by atomic mass is 10.1. The minimum Gasteiger partial charge on any atom is -0.548 e. The molecule has 2 rings (SSSR count). The summed E-state index contributed by atoms with van der Waals surface area (Å²) in [5.41, 5.74) is 1.47. The molecule has 0 aliphatic heterocycles. The fourth-order valence-electron chi connectivity index (χ4n) is 2.10. The fraction of sp³-hybridized carbons (Fsp3) is 0.176. The van der Waals surface area contributed by atoms with E-state index in [-0.39, 0.29) is 24.0 Å². The second-order valence-electron chi connectivity index (χ2n) is 4.96. The number of carbonyl (C=O) groups excluding carboxylic acids is 1. The van der Waals surface area contributed by atoms with Crippen molar-refractivity contribution in [3.63, 3.8) is 0 Å².